The monoisotopic (exact) mass is 146 g/mol. The zero-order valence-electron chi connectivity index (χ0n) is 4.87. The van der Waals surface area contributed by atoms with Gasteiger partial charge in [-0.15, -0.1) is 0 Å². The maximum Gasteiger partial charge on any atom is 1.00 e. The van der Waals surface area contributed by atoms with Crippen molar-refractivity contribution < 1.29 is 36.2 Å². The molecule has 0 radical (unpaired) electrons. The van der Waals surface area contributed by atoms with Gasteiger partial charge >= 0.3 is 18.9 Å². The van der Waals surface area contributed by atoms with Gasteiger partial charge in [-0.25, -0.2) is 12.8 Å². The van der Waals surface area contributed by atoms with Crippen molar-refractivity contribution in [2.24, 2.45) is 0 Å². The minimum Gasteiger partial charge on any atom is -0.748 e. The molecule has 0 aromatic rings. The van der Waals surface area contributed by atoms with Crippen LogP contribution in [0.3, 0.4) is 0 Å². The van der Waals surface area contributed by atoms with Gasteiger partial charge in [-0.3, -0.25) is 0 Å². The second-order valence-electron chi connectivity index (χ2n) is 1.09. The molecular weight excluding hydrogens is 142 g/mol. The third kappa shape index (κ3) is 11.6. The Morgan fingerprint density at radius 3 is 2.11 bits per heavy atom. The van der Waals surface area contributed by atoms with Gasteiger partial charge in [0.25, 0.3) is 0 Å². The largest absolute Gasteiger partial charge is 1.00 e. The zero-order valence-corrected chi connectivity index (χ0v) is 5.69. The van der Waals surface area contributed by atoms with E-state index in [1.165, 1.54) is 0 Å². The molecule has 0 unspecified atom stereocenters. The molecule has 0 aliphatic rings. The van der Waals surface area contributed by atoms with E-state index >= 15 is 0 Å². The topological polar surface area (TPSA) is 57.2 Å². The van der Waals surface area contributed by atoms with Crippen LogP contribution in [0.25, 0.3) is 0 Å². The summed E-state index contributed by atoms with van der Waals surface area (Å²) in [6.07, 6.45) is 0.664. The van der Waals surface area contributed by atoms with Gasteiger partial charge in [0.05, 0.1) is 22.2 Å². The first-order valence-corrected chi connectivity index (χ1v) is 3.33. The summed E-state index contributed by atoms with van der Waals surface area (Å²) in [4.78, 5) is 0. The first kappa shape index (κ1) is 11.9. The molecular formula is C3H4FLiO3S. The van der Waals surface area contributed by atoms with Crippen LogP contribution in [0.4, 0.5) is 4.39 Å². The van der Waals surface area contributed by atoms with Crippen LogP contribution in [-0.4, -0.2) is 18.7 Å². The van der Waals surface area contributed by atoms with Crippen molar-refractivity contribution in [1.29, 1.82) is 0 Å². The second kappa shape index (κ2) is 5.00. The van der Waals surface area contributed by atoms with Crippen LogP contribution in [0, 0.1) is 0 Å². The summed E-state index contributed by atoms with van der Waals surface area (Å²) < 4.78 is 39.8. The fourth-order valence-corrected chi connectivity index (χ4v) is 0.463. The van der Waals surface area contributed by atoms with Gasteiger partial charge in [-0.05, 0) is 6.08 Å². The summed E-state index contributed by atoms with van der Waals surface area (Å²) >= 11 is 0. The summed E-state index contributed by atoms with van der Waals surface area (Å²) in [6.45, 7) is 0. The van der Waals surface area contributed by atoms with Crippen molar-refractivity contribution in [3.05, 3.63) is 12.4 Å². The third-order valence-electron chi connectivity index (χ3n) is 0.389. The number of rotatable bonds is 2. The third-order valence-corrected chi connectivity index (χ3v) is 0.990. The van der Waals surface area contributed by atoms with E-state index in [0.29, 0.717) is 6.08 Å². The first-order valence-electron chi connectivity index (χ1n) is 1.75. The fourth-order valence-electron chi connectivity index (χ4n) is 0.154. The molecule has 0 atom stereocenters. The smallest absolute Gasteiger partial charge is 0.748 e. The van der Waals surface area contributed by atoms with Crippen molar-refractivity contribution >= 4 is 10.1 Å². The molecule has 48 valence electrons. The molecule has 0 amide bonds. The molecule has 0 aromatic carbocycles. The van der Waals surface area contributed by atoms with Crippen LogP contribution in [-0.2, 0) is 10.1 Å². The van der Waals surface area contributed by atoms with Crippen molar-refractivity contribution in [2.45, 2.75) is 0 Å². The predicted octanol–water partition coefficient (Wildman–Crippen LogP) is -2.98. The van der Waals surface area contributed by atoms with E-state index in [0.717, 1.165) is 0 Å². The summed E-state index contributed by atoms with van der Waals surface area (Å²) in [7, 11) is -4.26. The average molecular weight is 146 g/mol. The Hall–Kier alpha value is 0.177. The Kier molecular flexibility index (Phi) is 6.62. The van der Waals surface area contributed by atoms with Crippen molar-refractivity contribution in [1.82, 2.24) is 0 Å². The Bertz CT molecular complexity index is 173. The van der Waals surface area contributed by atoms with Crippen molar-refractivity contribution in [3.63, 3.8) is 0 Å². The van der Waals surface area contributed by atoms with E-state index in [1.807, 2.05) is 0 Å². The van der Waals surface area contributed by atoms with E-state index in [2.05, 4.69) is 0 Å². The van der Waals surface area contributed by atoms with Crippen LogP contribution < -0.4 is 18.9 Å². The predicted molar refractivity (Wildman–Crippen MR) is 24.8 cm³/mol. The quantitative estimate of drug-likeness (QED) is 0.308. The molecule has 6 heteroatoms. The van der Waals surface area contributed by atoms with Crippen molar-refractivity contribution in [2.75, 3.05) is 5.75 Å². The van der Waals surface area contributed by atoms with Gasteiger partial charge in [0, 0.05) is 0 Å². The molecule has 0 heterocycles. The van der Waals surface area contributed by atoms with Gasteiger partial charge in [0.15, 0.2) is 0 Å². The summed E-state index contributed by atoms with van der Waals surface area (Å²) in [5.41, 5.74) is 0. The maximum atomic E-state index is 10.9. The molecule has 9 heavy (non-hydrogen) atoms. The van der Waals surface area contributed by atoms with Crippen LogP contribution in [0.5, 0.6) is 0 Å². The molecule has 0 aromatic heterocycles. The minimum absolute atomic E-state index is 0. The SMILES string of the molecule is O=S(=O)([O-])CC=CF.[Li+]. The Labute approximate surface area is 64.9 Å². The van der Waals surface area contributed by atoms with Gasteiger partial charge in [0.1, 0.15) is 0 Å². The van der Waals surface area contributed by atoms with E-state index < -0.39 is 15.9 Å². The van der Waals surface area contributed by atoms with Gasteiger partial charge in [-0.2, -0.15) is 0 Å². The molecule has 0 saturated carbocycles. The summed E-state index contributed by atoms with van der Waals surface area (Å²) in [6, 6.07) is 0. The average Bonchev–Trinajstić information content (AvgIpc) is 1.59. The Balaban J connectivity index is 0. The zero-order chi connectivity index (χ0) is 6.62. The maximum absolute atomic E-state index is 10.9. The number of halogens is 1. The normalized spacial score (nSPS) is 11.3. The molecule has 0 bridgehead atoms. The van der Waals surface area contributed by atoms with Crippen LogP contribution in [0.2, 0.25) is 0 Å². The standard InChI is InChI=1S/C3H5FO3S.Li/c4-2-1-3-8(5,6)7;/h1-2H,3H2,(H,5,6,7);/q;+1/p-1. The first-order chi connectivity index (χ1) is 3.56. The van der Waals surface area contributed by atoms with Crippen molar-refractivity contribution in [3.8, 4) is 0 Å². The van der Waals surface area contributed by atoms with Gasteiger partial charge in [-0.1, -0.05) is 0 Å². The fraction of sp³-hybridized carbons (Fsp3) is 0.333. The van der Waals surface area contributed by atoms with Crippen LogP contribution in [0.15, 0.2) is 12.4 Å². The Morgan fingerprint density at radius 2 is 2.00 bits per heavy atom. The molecule has 0 saturated heterocycles. The number of hydrogen-bond acceptors (Lipinski definition) is 3. The van der Waals surface area contributed by atoms with Crippen LogP contribution >= 0.6 is 0 Å². The number of hydrogen-bond donors (Lipinski definition) is 0. The summed E-state index contributed by atoms with van der Waals surface area (Å²) in [5, 5.41) is 0. The van der Waals surface area contributed by atoms with E-state index in [9.17, 15) is 17.4 Å². The molecule has 3 nitrogen and oxygen atoms in total. The van der Waals surface area contributed by atoms with Crippen LogP contribution in [0.1, 0.15) is 0 Å². The molecule has 0 N–H and O–H groups in total. The summed E-state index contributed by atoms with van der Waals surface area (Å²) in [5.74, 6) is -0.774. The van der Waals surface area contributed by atoms with E-state index in [-0.39, 0.29) is 25.2 Å². The molecule has 0 rings (SSSR count). The van der Waals surface area contributed by atoms with E-state index in [1.54, 1.807) is 0 Å². The molecule has 0 aliphatic heterocycles. The molecule has 0 aliphatic carbocycles. The minimum atomic E-state index is -4.26. The van der Waals surface area contributed by atoms with Gasteiger partial charge < -0.3 is 4.55 Å². The molecule has 0 fully saturated rings. The molecule has 0 spiro atoms. The van der Waals surface area contributed by atoms with E-state index in [4.69, 9.17) is 0 Å². The second-order valence-corrected chi connectivity index (χ2v) is 2.53. The van der Waals surface area contributed by atoms with Gasteiger partial charge in [0.2, 0.25) is 0 Å². The Morgan fingerprint density at radius 1 is 1.56 bits per heavy atom.